The summed E-state index contributed by atoms with van der Waals surface area (Å²) in [4.78, 5) is 22.6. The fourth-order valence-electron chi connectivity index (χ4n) is 1.94. The summed E-state index contributed by atoms with van der Waals surface area (Å²) in [7, 11) is 0. The first-order valence-corrected chi connectivity index (χ1v) is 7.23. The predicted octanol–water partition coefficient (Wildman–Crippen LogP) is 4.10. The van der Waals surface area contributed by atoms with E-state index in [1.54, 1.807) is 31.2 Å². The average Bonchev–Trinajstić information content (AvgIpc) is 2.55. The molecule has 0 heterocycles. The van der Waals surface area contributed by atoms with Gasteiger partial charge in [0.15, 0.2) is 0 Å². The first-order chi connectivity index (χ1) is 11.4. The third kappa shape index (κ3) is 3.97. The summed E-state index contributed by atoms with van der Waals surface area (Å²) in [6, 6.07) is 12.7. The van der Waals surface area contributed by atoms with E-state index in [-0.39, 0.29) is 16.9 Å². The molecule has 7 heteroatoms. The van der Waals surface area contributed by atoms with E-state index in [1.807, 2.05) is 6.07 Å². The van der Waals surface area contributed by atoms with Crippen LogP contribution in [0.2, 0.25) is 5.02 Å². The molecule has 120 valence electrons. The van der Waals surface area contributed by atoms with Gasteiger partial charge in [-0.15, -0.1) is 0 Å². The zero-order valence-corrected chi connectivity index (χ0v) is 13.4. The maximum absolute atomic E-state index is 12.3. The van der Waals surface area contributed by atoms with Crippen LogP contribution in [0, 0.1) is 28.4 Å². The molecule has 2 aromatic rings. The number of halogens is 1. The fourth-order valence-corrected chi connectivity index (χ4v) is 2.13. The van der Waals surface area contributed by atoms with Crippen LogP contribution in [-0.2, 0) is 4.79 Å². The Hall–Kier alpha value is -3.17. The van der Waals surface area contributed by atoms with Gasteiger partial charge in [-0.05, 0) is 30.2 Å². The standard InChI is InChI=1S/C17H12ClN3O3/c1-11-6-7-14(21(23)24)9-16(11)20-17(22)13(10-19)8-12-4-2-3-5-15(12)18/h2-9H,1H3,(H,20,22)/b13-8+. The van der Waals surface area contributed by atoms with Crippen LogP contribution in [0.5, 0.6) is 0 Å². The number of aryl methyl sites for hydroxylation is 1. The van der Waals surface area contributed by atoms with Crippen molar-refractivity contribution < 1.29 is 9.72 Å². The van der Waals surface area contributed by atoms with Gasteiger partial charge in [-0.3, -0.25) is 14.9 Å². The molecule has 0 saturated heterocycles. The minimum Gasteiger partial charge on any atom is -0.321 e. The number of nitro groups is 1. The normalized spacial score (nSPS) is 10.8. The van der Waals surface area contributed by atoms with E-state index in [4.69, 9.17) is 11.6 Å². The van der Waals surface area contributed by atoms with Gasteiger partial charge in [0, 0.05) is 17.2 Å². The van der Waals surface area contributed by atoms with Crippen LogP contribution in [-0.4, -0.2) is 10.8 Å². The number of nitro benzene ring substituents is 1. The van der Waals surface area contributed by atoms with Crippen LogP contribution in [0.15, 0.2) is 48.0 Å². The Morgan fingerprint density at radius 3 is 2.67 bits per heavy atom. The quantitative estimate of drug-likeness (QED) is 0.392. The Morgan fingerprint density at radius 2 is 2.04 bits per heavy atom. The molecule has 0 aromatic heterocycles. The number of nitrogens with zero attached hydrogens (tertiary/aromatic N) is 2. The van der Waals surface area contributed by atoms with Gasteiger partial charge < -0.3 is 5.32 Å². The van der Waals surface area contributed by atoms with E-state index in [0.717, 1.165) is 0 Å². The number of non-ortho nitro benzene ring substituents is 1. The number of rotatable bonds is 4. The highest BCUT2D eigenvalue weighted by Gasteiger charge is 2.14. The second kappa shape index (κ2) is 7.40. The van der Waals surface area contributed by atoms with Crippen molar-refractivity contribution in [1.29, 1.82) is 5.26 Å². The predicted molar refractivity (Wildman–Crippen MR) is 91.5 cm³/mol. The van der Waals surface area contributed by atoms with Crippen molar-refractivity contribution in [2.45, 2.75) is 6.92 Å². The first kappa shape index (κ1) is 17.2. The third-order valence-corrected chi connectivity index (χ3v) is 3.59. The van der Waals surface area contributed by atoms with Gasteiger partial charge in [-0.25, -0.2) is 0 Å². The van der Waals surface area contributed by atoms with Crippen molar-refractivity contribution in [3.8, 4) is 6.07 Å². The summed E-state index contributed by atoms with van der Waals surface area (Å²) in [5.74, 6) is -0.666. The lowest BCUT2D eigenvalue weighted by Gasteiger charge is -2.08. The molecule has 24 heavy (non-hydrogen) atoms. The Labute approximate surface area is 143 Å². The lowest BCUT2D eigenvalue weighted by Crippen LogP contribution is -2.14. The number of amides is 1. The molecule has 0 atom stereocenters. The fraction of sp³-hybridized carbons (Fsp3) is 0.0588. The van der Waals surface area contributed by atoms with Crippen molar-refractivity contribution in [2.24, 2.45) is 0 Å². The minimum atomic E-state index is -0.666. The Kier molecular flexibility index (Phi) is 5.30. The molecule has 0 bridgehead atoms. The summed E-state index contributed by atoms with van der Waals surface area (Å²) in [6.07, 6.45) is 1.37. The molecule has 0 aliphatic rings. The number of nitriles is 1. The van der Waals surface area contributed by atoms with E-state index in [1.165, 1.54) is 24.3 Å². The molecule has 1 amide bonds. The van der Waals surface area contributed by atoms with Crippen molar-refractivity contribution in [2.75, 3.05) is 5.32 Å². The second-order valence-corrected chi connectivity index (χ2v) is 5.31. The van der Waals surface area contributed by atoms with Gasteiger partial charge in [0.05, 0.1) is 10.6 Å². The topological polar surface area (TPSA) is 96.0 Å². The van der Waals surface area contributed by atoms with Gasteiger partial charge in [0.1, 0.15) is 11.6 Å². The highest BCUT2D eigenvalue weighted by Crippen LogP contribution is 2.23. The highest BCUT2D eigenvalue weighted by molar-refractivity contribution is 6.32. The summed E-state index contributed by atoms with van der Waals surface area (Å²) in [6.45, 7) is 1.70. The zero-order valence-electron chi connectivity index (χ0n) is 12.6. The molecule has 2 rings (SSSR count). The van der Waals surface area contributed by atoms with E-state index >= 15 is 0 Å². The third-order valence-electron chi connectivity index (χ3n) is 3.25. The second-order valence-electron chi connectivity index (χ2n) is 4.90. The van der Waals surface area contributed by atoms with Gasteiger partial charge in [-0.2, -0.15) is 5.26 Å². The monoisotopic (exact) mass is 341 g/mol. The van der Waals surface area contributed by atoms with E-state index in [0.29, 0.717) is 16.1 Å². The number of hydrogen-bond donors (Lipinski definition) is 1. The lowest BCUT2D eigenvalue weighted by atomic mass is 10.1. The van der Waals surface area contributed by atoms with Crippen LogP contribution in [0.1, 0.15) is 11.1 Å². The highest BCUT2D eigenvalue weighted by atomic mass is 35.5. The van der Waals surface area contributed by atoms with Crippen LogP contribution in [0.25, 0.3) is 6.08 Å². The van der Waals surface area contributed by atoms with E-state index in [2.05, 4.69) is 5.32 Å². The molecular formula is C17H12ClN3O3. The Morgan fingerprint density at radius 1 is 1.33 bits per heavy atom. The maximum Gasteiger partial charge on any atom is 0.271 e. The molecule has 0 fully saturated rings. The van der Waals surface area contributed by atoms with Crippen LogP contribution in [0.3, 0.4) is 0 Å². The van der Waals surface area contributed by atoms with E-state index < -0.39 is 10.8 Å². The SMILES string of the molecule is Cc1ccc([N+](=O)[O-])cc1NC(=O)/C(C#N)=C/c1ccccc1Cl. The van der Waals surface area contributed by atoms with Crippen LogP contribution >= 0.6 is 11.6 Å². The summed E-state index contributed by atoms with van der Waals surface area (Å²) >= 11 is 6.01. The average molecular weight is 342 g/mol. The largest absolute Gasteiger partial charge is 0.321 e. The van der Waals surface area contributed by atoms with Crippen LogP contribution < -0.4 is 5.32 Å². The van der Waals surface area contributed by atoms with E-state index in [9.17, 15) is 20.2 Å². The van der Waals surface area contributed by atoms with Crippen LogP contribution in [0.4, 0.5) is 11.4 Å². The summed E-state index contributed by atoms with van der Waals surface area (Å²) in [5, 5.41) is 23.0. The number of hydrogen-bond acceptors (Lipinski definition) is 4. The number of carbonyl (C=O) groups is 1. The van der Waals surface area contributed by atoms with Gasteiger partial charge in [0.2, 0.25) is 0 Å². The number of anilines is 1. The van der Waals surface area contributed by atoms with Crippen molar-refractivity contribution in [3.05, 3.63) is 74.3 Å². The minimum absolute atomic E-state index is 0.149. The van der Waals surface area contributed by atoms with Gasteiger partial charge in [0.25, 0.3) is 11.6 Å². The van der Waals surface area contributed by atoms with Crippen molar-refractivity contribution in [3.63, 3.8) is 0 Å². The van der Waals surface area contributed by atoms with Crippen molar-refractivity contribution >= 4 is 35.0 Å². The summed E-state index contributed by atoms with van der Waals surface area (Å²) < 4.78 is 0. The zero-order chi connectivity index (χ0) is 17.7. The molecule has 0 unspecified atom stereocenters. The van der Waals surface area contributed by atoms with Gasteiger partial charge >= 0.3 is 0 Å². The number of benzene rings is 2. The molecule has 2 aromatic carbocycles. The van der Waals surface area contributed by atoms with Gasteiger partial charge in [-0.1, -0.05) is 35.9 Å². The molecule has 0 spiro atoms. The summed E-state index contributed by atoms with van der Waals surface area (Å²) in [5.41, 5.74) is 1.14. The lowest BCUT2D eigenvalue weighted by molar-refractivity contribution is -0.384. The number of carbonyl (C=O) groups excluding carboxylic acids is 1. The smallest absolute Gasteiger partial charge is 0.271 e. The molecule has 0 aliphatic carbocycles. The molecule has 1 N–H and O–H groups in total. The number of nitrogens with one attached hydrogen (secondary N) is 1. The molecule has 0 aliphatic heterocycles. The van der Waals surface area contributed by atoms with Crippen molar-refractivity contribution in [1.82, 2.24) is 0 Å². The molecule has 0 saturated carbocycles. The molecular weight excluding hydrogens is 330 g/mol. The Bertz CT molecular complexity index is 885. The molecule has 6 nitrogen and oxygen atoms in total. The first-order valence-electron chi connectivity index (χ1n) is 6.85. The maximum atomic E-state index is 12.3. The Balaban J connectivity index is 2.31. The molecule has 0 radical (unpaired) electrons.